The summed E-state index contributed by atoms with van der Waals surface area (Å²) in [4.78, 5) is 24.9. The van der Waals surface area contributed by atoms with E-state index in [1.54, 1.807) is 37.4 Å². The molecule has 24 heavy (non-hydrogen) atoms. The third-order valence-electron chi connectivity index (χ3n) is 3.47. The number of carbonyl (C=O) groups excluding carboxylic acids is 2. The molecular formula is C17H16N4O2S. The maximum absolute atomic E-state index is 12.8. The summed E-state index contributed by atoms with van der Waals surface area (Å²) in [6.45, 7) is 1.59. The number of para-hydroxylation sites is 1. The van der Waals surface area contributed by atoms with Crippen LogP contribution >= 0.6 is 12.6 Å². The van der Waals surface area contributed by atoms with Crippen molar-refractivity contribution in [2.75, 3.05) is 4.90 Å². The highest BCUT2D eigenvalue weighted by molar-refractivity contribution is 7.81. The summed E-state index contributed by atoms with van der Waals surface area (Å²) in [5, 5.41) is 8.02. The highest BCUT2D eigenvalue weighted by Crippen LogP contribution is 2.27. The molecule has 0 aliphatic carbocycles. The lowest BCUT2D eigenvalue weighted by Gasteiger charge is -2.42. The minimum absolute atomic E-state index is 0.462. The Morgan fingerprint density at radius 3 is 2.25 bits per heavy atom. The van der Waals surface area contributed by atoms with Gasteiger partial charge >= 0.3 is 12.1 Å². The molecule has 1 unspecified atom stereocenters. The van der Waals surface area contributed by atoms with Gasteiger partial charge in [-0.15, -0.1) is 12.6 Å². The van der Waals surface area contributed by atoms with Crippen LogP contribution in [0.2, 0.25) is 0 Å². The number of anilines is 1. The quantitative estimate of drug-likeness (QED) is 0.665. The molecule has 1 atom stereocenters. The van der Waals surface area contributed by atoms with Crippen molar-refractivity contribution in [1.29, 1.82) is 0 Å². The van der Waals surface area contributed by atoms with Gasteiger partial charge in [0.25, 0.3) is 0 Å². The van der Waals surface area contributed by atoms with E-state index < -0.39 is 17.1 Å². The van der Waals surface area contributed by atoms with Gasteiger partial charge in [0.05, 0.1) is 11.9 Å². The van der Waals surface area contributed by atoms with E-state index in [-0.39, 0.29) is 0 Å². The number of carbonyl (C=O) groups is 2. The smallest absolute Gasteiger partial charge is 0.304 e. The first-order chi connectivity index (χ1) is 11.5. The summed E-state index contributed by atoms with van der Waals surface area (Å²) in [5.41, 5.74) is 1.29. The molecule has 0 aromatic heterocycles. The van der Waals surface area contributed by atoms with Crippen molar-refractivity contribution >= 4 is 36.6 Å². The van der Waals surface area contributed by atoms with E-state index in [1.807, 2.05) is 36.4 Å². The fraction of sp³-hybridized carbons (Fsp3) is 0.118. The molecule has 2 aromatic carbocycles. The topological polar surface area (TPSA) is 65.0 Å². The highest BCUT2D eigenvalue weighted by atomic mass is 32.1. The third kappa shape index (κ3) is 3.11. The van der Waals surface area contributed by atoms with Gasteiger partial charge in [-0.25, -0.2) is 14.5 Å². The Labute approximate surface area is 145 Å². The normalized spacial score (nSPS) is 21.2. The molecule has 1 aliphatic rings. The van der Waals surface area contributed by atoms with E-state index >= 15 is 0 Å². The first-order valence-electron chi connectivity index (χ1n) is 7.32. The number of hydrogen-bond acceptors (Lipinski definition) is 4. The van der Waals surface area contributed by atoms with Crippen molar-refractivity contribution in [3.63, 3.8) is 0 Å². The summed E-state index contributed by atoms with van der Waals surface area (Å²) >= 11 is 4.36. The summed E-state index contributed by atoms with van der Waals surface area (Å²) in [7, 11) is 0. The van der Waals surface area contributed by atoms with Crippen LogP contribution in [-0.2, 0) is 0 Å². The standard InChI is InChI=1S/C17H16N4O2S/c1-17(24)19-15(22)20(14-10-6-3-7-11-14)16(23)21(17)18-12-13-8-4-2-5-9-13/h2-12,24H,1H3,(H,19,22). The number of rotatable bonds is 3. The molecule has 0 bridgehead atoms. The molecule has 0 saturated carbocycles. The molecule has 0 radical (unpaired) electrons. The Hall–Kier alpha value is -2.80. The molecule has 1 saturated heterocycles. The summed E-state index contributed by atoms with van der Waals surface area (Å²) in [5.74, 6) is 0. The molecule has 1 aliphatic heterocycles. The van der Waals surface area contributed by atoms with Crippen LogP contribution in [-0.4, -0.2) is 28.3 Å². The van der Waals surface area contributed by atoms with Crippen molar-refractivity contribution in [3.8, 4) is 0 Å². The SMILES string of the molecule is CC1(S)NC(=O)N(c2ccccc2)C(=O)N1N=Cc1ccccc1. The largest absolute Gasteiger partial charge is 0.356 e. The summed E-state index contributed by atoms with van der Waals surface area (Å²) in [6, 6.07) is 16.9. The van der Waals surface area contributed by atoms with Crippen LogP contribution < -0.4 is 10.2 Å². The van der Waals surface area contributed by atoms with Crippen LogP contribution in [0.15, 0.2) is 65.8 Å². The fourth-order valence-corrected chi connectivity index (χ4v) is 2.54. The lowest BCUT2D eigenvalue weighted by Crippen LogP contribution is -2.67. The predicted molar refractivity (Wildman–Crippen MR) is 96.1 cm³/mol. The Morgan fingerprint density at radius 1 is 1.04 bits per heavy atom. The minimum Gasteiger partial charge on any atom is -0.304 e. The molecule has 6 nitrogen and oxygen atoms in total. The van der Waals surface area contributed by atoms with Crippen LogP contribution in [0.3, 0.4) is 0 Å². The molecule has 4 amide bonds. The van der Waals surface area contributed by atoms with Crippen molar-refractivity contribution in [2.24, 2.45) is 5.10 Å². The highest BCUT2D eigenvalue weighted by Gasteiger charge is 2.45. The predicted octanol–water partition coefficient (Wildman–Crippen LogP) is 3.28. The van der Waals surface area contributed by atoms with Crippen LogP contribution in [0.1, 0.15) is 12.5 Å². The average molecular weight is 340 g/mol. The van der Waals surface area contributed by atoms with Crippen LogP contribution in [0, 0.1) is 0 Å². The van der Waals surface area contributed by atoms with E-state index in [9.17, 15) is 9.59 Å². The van der Waals surface area contributed by atoms with Gasteiger partial charge in [-0.3, -0.25) is 0 Å². The van der Waals surface area contributed by atoms with Gasteiger partial charge in [-0.05, 0) is 24.6 Å². The van der Waals surface area contributed by atoms with Gasteiger partial charge < -0.3 is 5.32 Å². The van der Waals surface area contributed by atoms with E-state index in [1.165, 1.54) is 0 Å². The zero-order valence-electron chi connectivity index (χ0n) is 13.0. The molecule has 122 valence electrons. The van der Waals surface area contributed by atoms with Crippen LogP contribution in [0.4, 0.5) is 15.3 Å². The lowest BCUT2D eigenvalue weighted by molar-refractivity contribution is 0.150. The molecule has 2 aromatic rings. The zero-order valence-corrected chi connectivity index (χ0v) is 13.9. The number of amides is 4. The van der Waals surface area contributed by atoms with E-state index in [0.717, 1.165) is 15.5 Å². The maximum atomic E-state index is 12.8. The number of thiol groups is 1. The Bertz CT molecular complexity index is 778. The van der Waals surface area contributed by atoms with E-state index in [4.69, 9.17) is 0 Å². The summed E-state index contributed by atoms with van der Waals surface area (Å²) in [6.07, 6.45) is 1.55. The lowest BCUT2D eigenvalue weighted by atomic mass is 10.2. The summed E-state index contributed by atoms with van der Waals surface area (Å²) < 4.78 is 0. The second kappa shape index (κ2) is 6.37. The molecule has 7 heteroatoms. The Kier molecular flexibility index (Phi) is 4.26. The molecular weight excluding hydrogens is 324 g/mol. The average Bonchev–Trinajstić information content (AvgIpc) is 2.55. The number of nitrogens with one attached hydrogen (secondary N) is 1. The first kappa shape index (κ1) is 16.1. The third-order valence-corrected chi connectivity index (χ3v) is 3.77. The second-order valence-corrected chi connectivity index (χ2v) is 6.24. The number of benzene rings is 2. The molecule has 1 fully saturated rings. The van der Waals surface area contributed by atoms with Gasteiger partial charge in [0.15, 0.2) is 4.99 Å². The number of nitrogens with zero attached hydrogens (tertiary/aromatic N) is 3. The van der Waals surface area contributed by atoms with Crippen molar-refractivity contribution < 1.29 is 9.59 Å². The fourth-order valence-electron chi connectivity index (χ4n) is 2.31. The van der Waals surface area contributed by atoms with E-state index in [2.05, 4.69) is 23.0 Å². The molecule has 0 spiro atoms. The molecule has 1 N–H and O–H groups in total. The second-order valence-electron chi connectivity index (χ2n) is 5.37. The maximum Gasteiger partial charge on any atom is 0.356 e. The van der Waals surface area contributed by atoms with Gasteiger partial charge in [0.1, 0.15) is 0 Å². The zero-order chi connectivity index (χ0) is 17.2. The van der Waals surface area contributed by atoms with Crippen molar-refractivity contribution in [2.45, 2.75) is 11.9 Å². The minimum atomic E-state index is -1.23. The van der Waals surface area contributed by atoms with Gasteiger partial charge in [-0.1, -0.05) is 48.5 Å². The van der Waals surface area contributed by atoms with Crippen LogP contribution in [0.25, 0.3) is 0 Å². The number of urea groups is 2. The van der Waals surface area contributed by atoms with Crippen molar-refractivity contribution in [3.05, 3.63) is 66.2 Å². The number of hydrogen-bond donors (Lipinski definition) is 2. The molecule has 3 rings (SSSR count). The van der Waals surface area contributed by atoms with Gasteiger partial charge in [0.2, 0.25) is 0 Å². The Morgan fingerprint density at radius 2 is 1.62 bits per heavy atom. The Balaban J connectivity index is 1.93. The number of hydrazone groups is 1. The monoisotopic (exact) mass is 340 g/mol. The van der Waals surface area contributed by atoms with Crippen LogP contribution in [0.5, 0.6) is 0 Å². The number of imide groups is 1. The van der Waals surface area contributed by atoms with E-state index in [0.29, 0.717) is 5.69 Å². The molecule has 1 heterocycles. The van der Waals surface area contributed by atoms with Gasteiger partial charge in [0, 0.05) is 0 Å². The first-order valence-corrected chi connectivity index (χ1v) is 7.77. The van der Waals surface area contributed by atoms with Gasteiger partial charge in [-0.2, -0.15) is 10.1 Å². The van der Waals surface area contributed by atoms with Crippen molar-refractivity contribution in [1.82, 2.24) is 10.3 Å².